The molecule has 3 atom stereocenters. The van der Waals surface area contributed by atoms with E-state index in [0.29, 0.717) is 24.1 Å². The maximum atomic E-state index is 11.5. The van der Waals surface area contributed by atoms with E-state index in [1.807, 2.05) is 19.1 Å². The average molecular weight is 310 g/mol. The van der Waals surface area contributed by atoms with Gasteiger partial charge in [-0.1, -0.05) is 38.7 Å². The van der Waals surface area contributed by atoms with Crippen molar-refractivity contribution in [2.45, 2.75) is 40.0 Å². The van der Waals surface area contributed by atoms with Crippen LogP contribution in [0.25, 0.3) is 0 Å². The standard InChI is InChI=1S/C16H26N2O2S/c1-5-6-7-14(13(4)17-16(19)18-21-20)10-15-9-11(2)8-12(15)3/h5-7,11-12,15,20H,1,8-10H2,2-4H3,(H2,17,18,19)/b7-6-,14-13-. The second-order valence-electron chi connectivity index (χ2n) is 5.91. The van der Waals surface area contributed by atoms with Crippen LogP contribution >= 0.6 is 12.2 Å². The predicted molar refractivity (Wildman–Crippen MR) is 89.6 cm³/mol. The lowest BCUT2D eigenvalue weighted by Gasteiger charge is -2.18. The highest BCUT2D eigenvalue weighted by molar-refractivity contribution is 7.92. The highest BCUT2D eigenvalue weighted by Crippen LogP contribution is 2.39. The molecule has 0 aromatic heterocycles. The molecule has 4 nitrogen and oxygen atoms in total. The van der Waals surface area contributed by atoms with Crippen molar-refractivity contribution in [1.82, 2.24) is 10.0 Å². The van der Waals surface area contributed by atoms with Crippen LogP contribution in [0.3, 0.4) is 0 Å². The van der Waals surface area contributed by atoms with Crippen LogP contribution in [-0.2, 0) is 0 Å². The third-order valence-corrected chi connectivity index (χ3v) is 4.40. The molecule has 1 fully saturated rings. The minimum Gasteiger partial charge on any atom is -0.312 e. The van der Waals surface area contributed by atoms with Crippen LogP contribution in [0.5, 0.6) is 0 Å². The van der Waals surface area contributed by atoms with Crippen LogP contribution in [0.1, 0.15) is 40.0 Å². The van der Waals surface area contributed by atoms with Gasteiger partial charge in [-0.05, 0) is 49.5 Å². The number of amides is 2. The summed E-state index contributed by atoms with van der Waals surface area (Å²) in [5.41, 5.74) is 1.92. The molecule has 0 aliphatic heterocycles. The van der Waals surface area contributed by atoms with Crippen LogP contribution in [0.2, 0.25) is 0 Å². The molecule has 2 amide bonds. The summed E-state index contributed by atoms with van der Waals surface area (Å²) in [6, 6.07) is -0.419. The molecule has 118 valence electrons. The Bertz CT molecular complexity index is 432. The zero-order valence-electron chi connectivity index (χ0n) is 13.1. The SMILES string of the molecule is C=C/C=C\C(CC1CC(C)CC1C)=C(/C)NC(=O)NSO. The number of hydrogen-bond donors (Lipinski definition) is 3. The Kier molecular flexibility index (Phi) is 7.61. The van der Waals surface area contributed by atoms with Crippen molar-refractivity contribution in [3.63, 3.8) is 0 Å². The second-order valence-corrected chi connectivity index (χ2v) is 6.30. The Hall–Kier alpha value is -1.20. The first-order chi connectivity index (χ1) is 9.97. The molecule has 1 aliphatic carbocycles. The molecule has 1 aliphatic rings. The molecule has 0 aromatic carbocycles. The highest BCUT2D eigenvalue weighted by atomic mass is 32.2. The van der Waals surface area contributed by atoms with Gasteiger partial charge in [0.15, 0.2) is 0 Å². The summed E-state index contributed by atoms with van der Waals surface area (Å²) >= 11 is 0.296. The van der Waals surface area contributed by atoms with Gasteiger partial charge in [-0.3, -0.25) is 4.72 Å². The number of urea groups is 1. The molecular weight excluding hydrogens is 284 g/mol. The van der Waals surface area contributed by atoms with Crippen molar-refractivity contribution in [2.75, 3.05) is 0 Å². The van der Waals surface area contributed by atoms with Gasteiger partial charge >= 0.3 is 6.03 Å². The largest absolute Gasteiger partial charge is 0.330 e. The molecule has 0 radical (unpaired) electrons. The summed E-state index contributed by atoms with van der Waals surface area (Å²) < 4.78 is 10.9. The van der Waals surface area contributed by atoms with Crippen molar-refractivity contribution >= 4 is 18.3 Å². The molecule has 0 aromatic rings. The van der Waals surface area contributed by atoms with Gasteiger partial charge in [-0.2, -0.15) is 0 Å². The Morgan fingerprint density at radius 3 is 2.67 bits per heavy atom. The monoisotopic (exact) mass is 310 g/mol. The first-order valence-electron chi connectivity index (χ1n) is 7.34. The van der Waals surface area contributed by atoms with Gasteiger partial charge in [0, 0.05) is 5.70 Å². The maximum absolute atomic E-state index is 11.5. The third-order valence-electron chi connectivity index (χ3n) is 4.12. The molecular formula is C16H26N2O2S. The summed E-state index contributed by atoms with van der Waals surface area (Å²) in [6.45, 7) is 10.2. The van der Waals surface area contributed by atoms with E-state index in [2.05, 4.69) is 30.5 Å². The Balaban J connectivity index is 2.81. The summed E-state index contributed by atoms with van der Waals surface area (Å²) in [5, 5.41) is 2.75. The van der Waals surface area contributed by atoms with E-state index in [-0.39, 0.29) is 0 Å². The number of carbonyl (C=O) groups is 1. The van der Waals surface area contributed by atoms with Crippen LogP contribution in [0, 0.1) is 17.8 Å². The number of carbonyl (C=O) groups excluding carboxylic acids is 1. The van der Waals surface area contributed by atoms with E-state index in [1.165, 1.54) is 12.8 Å². The molecule has 3 N–H and O–H groups in total. The van der Waals surface area contributed by atoms with Gasteiger partial charge in [0.05, 0.1) is 0 Å². The normalized spacial score (nSPS) is 26.6. The van der Waals surface area contributed by atoms with Gasteiger partial charge in [0.2, 0.25) is 0 Å². The first-order valence-corrected chi connectivity index (χ1v) is 8.11. The van der Waals surface area contributed by atoms with Crippen molar-refractivity contribution < 1.29 is 9.35 Å². The summed E-state index contributed by atoms with van der Waals surface area (Å²) in [6.07, 6.45) is 9.09. The number of allylic oxidation sites excluding steroid dienone is 5. The van der Waals surface area contributed by atoms with Crippen LogP contribution in [0.15, 0.2) is 36.1 Å². The highest BCUT2D eigenvalue weighted by Gasteiger charge is 2.29. The Morgan fingerprint density at radius 2 is 2.14 bits per heavy atom. The molecule has 0 heterocycles. The molecule has 1 saturated carbocycles. The molecule has 0 spiro atoms. The summed E-state index contributed by atoms with van der Waals surface area (Å²) in [4.78, 5) is 11.5. The summed E-state index contributed by atoms with van der Waals surface area (Å²) in [5.74, 6) is 2.13. The van der Waals surface area contributed by atoms with Crippen molar-refractivity contribution in [1.29, 1.82) is 0 Å². The molecule has 0 saturated heterocycles. The van der Waals surface area contributed by atoms with Crippen LogP contribution in [0.4, 0.5) is 4.79 Å². The Morgan fingerprint density at radius 1 is 1.43 bits per heavy atom. The van der Waals surface area contributed by atoms with Gasteiger partial charge in [-0.15, -0.1) is 0 Å². The van der Waals surface area contributed by atoms with E-state index in [1.54, 1.807) is 6.08 Å². The van der Waals surface area contributed by atoms with E-state index in [9.17, 15) is 4.79 Å². The van der Waals surface area contributed by atoms with Crippen LogP contribution in [-0.4, -0.2) is 10.6 Å². The zero-order chi connectivity index (χ0) is 15.8. The van der Waals surface area contributed by atoms with E-state index < -0.39 is 6.03 Å². The van der Waals surface area contributed by atoms with Crippen molar-refractivity contribution in [3.05, 3.63) is 36.1 Å². The number of nitrogens with one attached hydrogen (secondary N) is 2. The second kappa shape index (κ2) is 8.95. The molecule has 0 bridgehead atoms. The Labute approximate surface area is 132 Å². The van der Waals surface area contributed by atoms with Crippen molar-refractivity contribution in [3.8, 4) is 0 Å². The van der Waals surface area contributed by atoms with Gasteiger partial charge in [0.25, 0.3) is 0 Å². The quantitative estimate of drug-likeness (QED) is 0.385. The lowest BCUT2D eigenvalue weighted by molar-refractivity contribution is 0.248. The average Bonchev–Trinajstić information content (AvgIpc) is 2.72. The first kappa shape index (κ1) is 17.9. The lowest BCUT2D eigenvalue weighted by Crippen LogP contribution is -2.30. The molecule has 3 unspecified atom stereocenters. The van der Waals surface area contributed by atoms with E-state index >= 15 is 0 Å². The number of rotatable bonds is 6. The fraction of sp³-hybridized carbons (Fsp3) is 0.562. The zero-order valence-corrected chi connectivity index (χ0v) is 13.9. The maximum Gasteiger partial charge on any atom is 0.330 e. The summed E-state index contributed by atoms with van der Waals surface area (Å²) in [7, 11) is 0. The minimum atomic E-state index is -0.419. The topological polar surface area (TPSA) is 61.4 Å². The van der Waals surface area contributed by atoms with Crippen LogP contribution < -0.4 is 10.0 Å². The fourth-order valence-electron chi connectivity index (χ4n) is 3.09. The predicted octanol–water partition coefficient (Wildman–Crippen LogP) is 4.50. The van der Waals surface area contributed by atoms with Gasteiger partial charge in [-0.25, -0.2) is 4.79 Å². The molecule has 1 rings (SSSR count). The smallest absolute Gasteiger partial charge is 0.312 e. The minimum absolute atomic E-state index is 0.296. The van der Waals surface area contributed by atoms with Gasteiger partial charge < -0.3 is 9.87 Å². The van der Waals surface area contributed by atoms with Crippen molar-refractivity contribution in [2.24, 2.45) is 17.8 Å². The van der Waals surface area contributed by atoms with Gasteiger partial charge in [0.1, 0.15) is 12.2 Å². The third kappa shape index (κ3) is 5.98. The molecule has 21 heavy (non-hydrogen) atoms. The lowest BCUT2D eigenvalue weighted by atomic mass is 9.90. The van der Waals surface area contributed by atoms with E-state index in [0.717, 1.165) is 23.6 Å². The number of hydrogen-bond acceptors (Lipinski definition) is 3. The van der Waals surface area contributed by atoms with E-state index in [4.69, 9.17) is 4.55 Å². The fourth-order valence-corrected chi connectivity index (χ4v) is 3.22. The molecule has 5 heteroatoms.